The maximum atomic E-state index is 12.7. The molecule has 3 aliphatic rings. The predicted octanol–water partition coefficient (Wildman–Crippen LogP) is 3.17. The summed E-state index contributed by atoms with van der Waals surface area (Å²) in [5.41, 5.74) is -0.701. The number of rotatable bonds is 3. The molecule has 0 radical (unpaired) electrons. The Kier molecular flexibility index (Phi) is 5.08. The van der Waals surface area contributed by atoms with E-state index in [9.17, 15) is 20.1 Å². The van der Waals surface area contributed by atoms with E-state index < -0.39 is 40.7 Å². The largest absolute Gasteiger partial charge is 0.508 e. The molecule has 0 aromatic heterocycles. The molecule has 0 unspecified atom stereocenters. The first-order valence-corrected chi connectivity index (χ1v) is 10.5. The number of phenols is 1. The van der Waals surface area contributed by atoms with Crippen molar-refractivity contribution in [2.24, 2.45) is 16.7 Å². The van der Waals surface area contributed by atoms with Gasteiger partial charge in [-0.1, -0.05) is 39.0 Å². The number of aromatic hydroxyl groups is 1. The van der Waals surface area contributed by atoms with Crippen LogP contribution in [0.5, 0.6) is 5.75 Å². The van der Waals surface area contributed by atoms with Gasteiger partial charge >= 0.3 is 5.97 Å². The summed E-state index contributed by atoms with van der Waals surface area (Å²) < 4.78 is 11.4. The molecule has 6 nitrogen and oxygen atoms in total. The number of aliphatic hydroxyl groups excluding tert-OH is 1. The summed E-state index contributed by atoms with van der Waals surface area (Å²) in [4.78, 5) is 12.7. The van der Waals surface area contributed by atoms with Crippen molar-refractivity contribution >= 4 is 12.0 Å². The second-order valence-electron chi connectivity index (χ2n) is 9.58. The highest BCUT2D eigenvalue weighted by molar-refractivity contribution is 5.87. The van der Waals surface area contributed by atoms with E-state index in [0.29, 0.717) is 25.9 Å². The summed E-state index contributed by atoms with van der Waals surface area (Å²) in [6, 6.07) is 6.50. The van der Waals surface area contributed by atoms with Gasteiger partial charge in [-0.05, 0) is 54.0 Å². The van der Waals surface area contributed by atoms with Gasteiger partial charge in [-0.25, -0.2) is 4.79 Å². The first-order valence-electron chi connectivity index (χ1n) is 10.5. The molecule has 3 N–H and O–H groups in total. The highest BCUT2D eigenvalue weighted by Gasteiger charge is 2.69. The van der Waals surface area contributed by atoms with E-state index in [0.717, 1.165) is 11.1 Å². The lowest BCUT2D eigenvalue weighted by atomic mass is 9.45. The van der Waals surface area contributed by atoms with Crippen LogP contribution in [0.15, 0.2) is 42.0 Å². The number of ether oxygens (including phenoxy) is 2. The lowest BCUT2D eigenvalue weighted by Crippen LogP contribution is -2.69. The number of hydrogen-bond donors (Lipinski definition) is 3. The molecular weight excluding hydrogens is 384 g/mol. The Morgan fingerprint density at radius 1 is 1.23 bits per heavy atom. The minimum atomic E-state index is -1.15. The van der Waals surface area contributed by atoms with Crippen molar-refractivity contribution in [3.8, 4) is 5.75 Å². The van der Waals surface area contributed by atoms with Crippen LogP contribution in [-0.2, 0) is 14.3 Å². The van der Waals surface area contributed by atoms with Crippen molar-refractivity contribution in [2.75, 3.05) is 6.61 Å². The molecule has 1 saturated carbocycles. The van der Waals surface area contributed by atoms with Gasteiger partial charge in [-0.2, -0.15) is 0 Å². The maximum Gasteiger partial charge on any atom is 0.331 e. The molecule has 4 rings (SSSR count). The second-order valence-corrected chi connectivity index (χ2v) is 9.58. The number of benzene rings is 1. The molecule has 6 heteroatoms. The summed E-state index contributed by atoms with van der Waals surface area (Å²) in [7, 11) is 0. The summed E-state index contributed by atoms with van der Waals surface area (Å²) in [6.45, 7) is 6.33. The Morgan fingerprint density at radius 2 is 1.93 bits per heavy atom. The van der Waals surface area contributed by atoms with E-state index >= 15 is 0 Å². The van der Waals surface area contributed by atoms with Gasteiger partial charge in [0.25, 0.3) is 0 Å². The van der Waals surface area contributed by atoms with Crippen LogP contribution in [0.3, 0.4) is 0 Å². The monoisotopic (exact) mass is 414 g/mol. The zero-order valence-corrected chi connectivity index (χ0v) is 17.7. The summed E-state index contributed by atoms with van der Waals surface area (Å²) in [6.07, 6.45) is 5.12. The van der Waals surface area contributed by atoms with Gasteiger partial charge in [0.1, 0.15) is 11.9 Å². The Bertz CT molecular complexity index is 885. The molecule has 5 atom stereocenters. The number of carbonyl (C=O) groups is 1. The van der Waals surface area contributed by atoms with Crippen LogP contribution in [0.1, 0.15) is 45.6 Å². The maximum absolute atomic E-state index is 12.7. The summed E-state index contributed by atoms with van der Waals surface area (Å²) >= 11 is 0. The number of carbonyl (C=O) groups excluding carboxylic acids is 1. The smallest absolute Gasteiger partial charge is 0.331 e. The number of phenolic OH excluding ortho intramolecular Hbond substituents is 1. The summed E-state index contributed by atoms with van der Waals surface area (Å²) in [5, 5.41) is 31.9. The normalized spacial score (nSPS) is 37.4. The van der Waals surface area contributed by atoms with E-state index in [1.54, 1.807) is 30.3 Å². The first-order chi connectivity index (χ1) is 14.1. The minimum Gasteiger partial charge on any atom is -0.508 e. The van der Waals surface area contributed by atoms with Crippen LogP contribution in [0.25, 0.3) is 6.08 Å². The van der Waals surface area contributed by atoms with Gasteiger partial charge in [0.2, 0.25) is 0 Å². The molecule has 1 aliphatic heterocycles. The van der Waals surface area contributed by atoms with Gasteiger partial charge in [0.15, 0.2) is 6.29 Å². The fourth-order valence-corrected chi connectivity index (χ4v) is 5.76. The Morgan fingerprint density at radius 3 is 2.63 bits per heavy atom. The lowest BCUT2D eigenvalue weighted by molar-refractivity contribution is -0.267. The SMILES string of the molecule is CC1(C)CC[C@@H](OC(=O)/C=C/c2ccc(O)cc2)[C@]2(C)[C@@H]3C(=CC[C@@]12O)CO[C@@H]3O. The van der Waals surface area contributed by atoms with Crippen molar-refractivity contribution in [3.63, 3.8) is 0 Å². The highest BCUT2D eigenvalue weighted by Crippen LogP contribution is 2.64. The lowest BCUT2D eigenvalue weighted by Gasteiger charge is -2.63. The molecule has 2 fully saturated rings. The first kappa shape index (κ1) is 21.1. The predicted molar refractivity (Wildman–Crippen MR) is 111 cm³/mol. The van der Waals surface area contributed by atoms with Crippen LogP contribution in [0.2, 0.25) is 0 Å². The number of aliphatic hydroxyl groups is 2. The van der Waals surface area contributed by atoms with Crippen LogP contribution < -0.4 is 0 Å². The third kappa shape index (κ3) is 3.09. The highest BCUT2D eigenvalue weighted by atomic mass is 16.6. The van der Waals surface area contributed by atoms with Crippen LogP contribution in [0.4, 0.5) is 0 Å². The summed E-state index contributed by atoms with van der Waals surface area (Å²) in [5.74, 6) is -0.763. The van der Waals surface area contributed by atoms with Gasteiger partial charge in [0, 0.05) is 17.4 Å². The van der Waals surface area contributed by atoms with E-state index in [2.05, 4.69) is 0 Å². The van der Waals surface area contributed by atoms with Gasteiger partial charge in [-0.3, -0.25) is 0 Å². The molecule has 1 aromatic rings. The quantitative estimate of drug-likeness (QED) is 0.399. The Balaban J connectivity index is 1.62. The molecule has 30 heavy (non-hydrogen) atoms. The van der Waals surface area contributed by atoms with Gasteiger partial charge < -0.3 is 24.8 Å². The van der Waals surface area contributed by atoms with E-state index in [4.69, 9.17) is 9.47 Å². The third-order valence-electron chi connectivity index (χ3n) is 7.69. The van der Waals surface area contributed by atoms with Crippen LogP contribution in [-0.4, -0.2) is 45.9 Å². The van der Waals surface area contributed by atoms with Crippen molar-refractivity contribution in [2.45, 2.75) is 58.0 Å². The average molecular weight is 414 g/mol. The Labute approximate surface area is 176 Å². The molecule has 2 aliphatic carbocycles. The van der Waals surface area contributed by atoms with E-state index in [-0.39, 0.29) is 5.75 Å². The van der Waals surface area contributed by atoms with Gasteiger partial charge in [0.05, 0.1) is 12.2 Å². The molecule has 1 saturated heterocycles. The fraction of sp³-hybridized carbons (Fsp3) is 0.542. The second kappa shape index (κ2) is 7.22. The molecule has 0 spiro atoms. The van der Waals surface area contributed by atoms with Crippen LogP contribution in [0, 0.1) is 16.7 Å². The standard InChI is InChI=1S/C24H30O6/c1-22(2)12-11-18(30-19(26)9-6-15-4-7-17(25)8-5-15)23(3)20-16(14-29-21(20)27)10-13-24(22,23)28/h4-10,18,20-21,25,27-28H,11-14H2,1-3H3/b9-6+/t18-,20-,21+,23-,24-/m1/s1. The molecule has 1 heterocycles. The van der Waals surface area contributed by atoms with Crippen molar-refractivity contribution in [3.05, 3.63) is 47.6 Å². The molecule has 162 valence electrons. The topological polar surface area (TPSA) is 96.2 Å². The van der Waals surface area contributed by atoms with Crippen LogP contribution >= 0.6 is 0 Å². The number of fused-ring (bicyclic) bond motifs is 3. The van der Waals surface area contributed by atoms with Crippen molar-refractivity contribution < 1.29 is 29.6 Å². The zero-order valence-electron chi connectivity index (χ0n) is 17.7. The van der Waals surface area contributed by atoms with E-state index in [1.807, 2.05) is 26.8 Å². The van der Waals surface area contributed by atoms with Crippen molar-refractivity contribution in [1.29, 1.82) is 0 Å². The average Bonchev–Trinajstić information content (AvgIpc) is 3.08. The molecule has 0 amide bonds. The number of hydrogen-bond acceptors (Lipinski definition) is 6. The molecule has 1 aromatic carbocycles. The third-order valence-corrected chi connectivity index (χ3v) is 7.69. The van der Waals surface area contributed by atoms with E-state index in [1.165, 1.54) is 6.08 Å². The number of esters is 1. The van der Waals surface area contributed by atoms with Gasteiger partial charge in [-0.15, -0.1) is 0 Å². The molecular formula is C24H30O6. The van der Waals surface area contributed by atoms with Crippen molar-refractivity contribution in [1.82, 2.24) is 0 Å². The molecule has 0 bridgehead atoms. The zero-order chi connectivity index (χ0) is 21.7. The Hall–Kier alpha value is -2.15. The fourth-order valence-electron chi connectivity index (χ4n) is 5.76. The minimum absolute atomic E-state index is 0.158.